The summed E-state index contributed by atoms with van der Waals surface area (Å²) in [6.45, 7) is 2.70. The molecule has 0 aromatic heterocycles. The molecule has 5 nitrogen and oxygen atoms in total. The van der Waals surface area contributed by atoms with Crippen molar-refractivity contribution in [3.63, 3.8) is 0 Å². The number of aliphatic hydroxyl groups is 2. The van der Waals surface area contributed by atoms with Gasteiger partial charge >= 0.3 is 0 Å². The summed E-state index contributed by atoms with van der Waals surface area (Å²) in [5, 5.41) is 27.1. The fourth-order valence-electron chi connectivity index (χ4n) is 3.78. The lowest BCUT2D eigenvalue weighted by Crippen LogP contribution is -2.50. The lowest BCUT2D eigenvalue weighted by molar-refractivity contribution is -0.131. The Bertz CT molecular complexity index is 1060. The molecule has 0 saturated carbocycles. The van der Waals surface area contributed by atoms with E-state index < -0.39 is 35.8 Å². The first-order valence-electron chi connectivity index (χ1n) is 11.3. The van der Waals surface area contributed by atoms with Crippen LogP contribution in [0.4, 0.5) is 8.78 Å². The van der Waals surface area contributed by atoms with Crippen LogP contribution in [0.3, 0.4) is 0 Å². The maximum atomic E-state index is 13.7. The predicted octanol–water partition coefficient (Wildman–Crippen LogP) is 3.44. The summed E-state index contributed by atoms with van der Waals surface area (Å²) in [6.07, 6.45) is -1.62. The SMILES string of the molecule is CCc1cccc(CNC[C@H](O)[C@H](Cc2cc(F)cc(F)c2)NC(=O)[C@H](O)c2ccccc2)c1. The van der Waals surface area contributed by atoms with Crippen molar-refractivity contribution in [2.45, 2.75) is 44.6 Å². The van der Waals surface area contributed by atoms with Crippen molar-refractivity contribution in [3.8, 4) is 0 Å². The third-order valence-corrected chi connectivity index (χ3v) is 5.62. The molecule has 3 rings (SSSR count). The minimum absolute atomic E-state index is 0.0178. The molecule has 0 spiro atoms. The minimum Gasteiger partial charge on any atom is -0.390 e. The largest absolute Gasteiger partial charge is 0.390 e. The van der Waals surface area contributed by atoms with Crippen molar-refractivity contribution >= 4 is 5.91 Å². The molecule has 0 saturated heterocycles. The summed E-state index contributed by atoms with van der Waals surface area (Å²) in [7, 11) is 0. The van der Waals surface area contributed by atoms with Crippen LogP contribution in [0, 0.1) is 11.6 Å². The number of amides is 1. The molecule has 0 aliphatic heterocycles. The number of aliphatic hydroxyl groups excluding tert-OH is 2. The number of carbonyl (C=O) groups excluding carboxylic acids is 1. The fraction of sp³-hybridized carbons (Fsp3) is 0.296. The van der Waals surface area contributed by atoms with E-state index in [0.29, 0.717) is 12.1 Å². The Kier molecular flexibility index (Phi) is 9.27. The number of hydrogen-bond acceptors (Lipinski definition) is 4. The van der Waals surface area contributed by atoms with Gasteiger partial charge in [0.15, 0.2) is 6.10 Å². The van der Waals surface area contributed by atoms with Crippen molar-refractivity contribution < 1.29 is 23.8 Å². The van der Waals surface area contributed by atoms with Crippen LogP contribution in [0.5, 0.6) is 0 Å². The molecule has 180 valence electrons. The molecule has 0 radical (unpaired) electrons. The van der Waals surface area contributed by atoms with Crippen LogP contribution in [-0.2, 0) is 24.2 Å². The molecule has 3 aromatic carbocycles. The maximum absolute atomic E-state index is 13.7. The van der Waals surface area contributed by atoms with E-state index in [1.165, 1.54) is 5.56 Å². The Morgan fingerprint density at radius 3 is 2.24 bits per heavy atom. The van der Waals surface area contributed by atoms with Gasteiger partial charge in [0.05, 0.1) is 12.1 Å². The van der Waals surface area contributed by atoms with Gasteiger partial charge < -0.3 is 20.8 Å². The average Bonchev–Trinajstić information content (AvgIpc) is 2.83. The number of hydrogen-bond donors (Lipinski definition) is 4. The zero-order valence-corrected chi connectivity index (χ0v) is 19.0. The predicted molar refractivity (Wildman–Crippen MR) is 127 cm³/mol. The average molecular weight is 469 g/mol. The van der Waals surface area contributed by atoms with E-state index in [-0.39, 0.29) is 18.5 Å². The Labute approximate surface area is 198 Å². The van der Waals surface area contributed by atoms with Crippen molar-refractivity contribution in [1.29, 1.82) is 0 Å². The highest BCUT2D eigenvalue weighted by Gasteiger charge is 2.26. The maximum Gasteiger partial charge on any atom is 0.253 e. The third-order valence-electron chi connectivity index (χ3n) is 5.62. The van der Waals surface area contributed by atoms with Gasteiger partial charge in [-0.15, -0.1) is 0 Å². The zero-order chi connectivity index (χ0) is 24.5. The molecule has 4 N–H and O–H groups in total. The molecule has 0 bridgehead atoms. The number of benzene rings is 3. The minimum atomic E-state index is -1.44. The highest BCUT2D eigenvalue weighted by Crippen LogP contribution is 2.16. The lowest BCUT2D eigenvalue weighted by Gasteiger charge is -2.26. The smallest absolute Gasteiger partial charge is 0.253 e. The van der Waals surface area contributed by atoms with E-state index >= 15 is 0 Å². The second-order valence-corrected chi connectivity index (χ2v) is 8.28. The summed E-state index contributed by atoms with van der Waals surface area (Å²) in [6, 6.07) is 18.6. The first-order valence-corrected chi connectivity index (χ1v) is 11.3. The number of aryl methyl sites for hydroxylation is 1. The monoisotopic (exact) mass is 468 g/mol. The quantitative estimate of drug-likeness (QED) is 0.348. The van der Waals surface area contributed by atoms with Gasteiger partial charge in [-0.2, -0.15) is 0 Å². The van der Waals surface area contributed by atoms with Crippen LogP contribution in [0.1, 0.15) is 35.3 Å². The number of halogens is 2. The first-order chi connectivity index (χ1) is 16.4. The van der Waals surface area contributed by atoms with Gasteiger partial charge in [0, 0.05) is 19.2 Å². The molecule has 3 atom stereocenters. The van der Waals surface area contributed by atoms with Crippen LogP contribution in [-0.4, -0.2) is 34.8 Å². The molecule has 0 aliphatic carbocycles. The van der Waals surface area contributed by atoms with Crippen LogP contribution in [0.25, 0.3) is 0 Å². The Morgan fingerprint density at radius 2 is 1.56 bits per heavy atom. The third kappa shape index (κ3) is 7.45. The summed E-state index contributed by atoms with van der Waals surface area (Å²) >= 11 is 0. The van der Waals surface area contributed by atoms with E-state index in [1.807, 2.05) is 18.2 Å². The van der Waals surface area contributed by atoms with Crippen molar-refractivity contribution in [1.82, 2.24) is 10.6 Å². The van der Waals surface area contributed by atoms with E-state index in [4.69, 9.17) is 0 Å². The van der Waals surface area contributed by atoms with E-state index in [9.17, 15) is 23.8 Å². The zero-order valence-electron chi connectivity index (χ0n) is 19.0. The van der Waals surface area contributed by atoms with E-state index in [2.05, 4.69) is 23.6 Å². The van der Waals surface area contributed by atoms with Crippen LogP contribution >= 0.6 is 0 Å². The molecule has 3 aromatic rings. The second kappa shape index (κ2) is 12.4. The molecule has 0 unspecified atom stereocenters. The molecule has 0 aliphatic rings. The van der Waals surface area contributed by atoms with Gasteiger partial charge in [-0.1, -0.05) is 61.5 Å². The molecular formula is C27H30F2N2O3. The molecular weight excluding hydrogens is 438 g/mol. The van der Waals surface area contributed by atoms with Gasteiger partial charge in [0.1, 0.15) is 11.6 Å². The van der Waals surface area contributed by atoms with Gasteiger partial charge in [0.25, 0.3) is 5.91 Å². The number of rotatable bonds is 11. The summed E-state index contributed by atoms with van der Waals surface area (Å²) in [5.74, 6) is -2.19. The molecule has 34 heavy (non-hydrogen) atoms. The summed E-state index contributed by atoms with van der Waals surface area (Å²) < 4.78 is 27.4. The number of nitrogens with one attached hydrogen (secondary N) is 2. The number of carbonyl (C=O) groups is 1. The van der Waals surface area contributed by atoms with Crippen molar-refractivity contribution in [2.75, 3.05) is 6.54 Å². The molecule has 7 heteroatoms. The van der Waals surface area contributed by atoms with E-state index in [0.717, 1.165) is 30.2 Å². The first kappa shape index (κ1) is 25.5. The fourth-order valence-corrected chi connectivity index (χ4v) is 3.78. The molecule has 0 heterocycles. The Morgan fingerprint density at radius 1 is 0.882 bits per heavy atom. The van der Waals surface area contributed by atoms with Crippen LogP contribution < -0.4 is 10.6 Å². The molecule has 1 amide bonds. The second-order valence-electron chi connectivity index (χ2n) is 8.28. The van der Waals surface area contributed by atoms with E-state index in [1.54, 1.807) is 30.3 Å². The lowest BCUT2D eigenvalue weighted by atomic mass is 9.99. The van der Waals surface area contributed by atoms with Crippen molar-refractivity contribution in [3.05, 3.63) is 107 Å². The summed E-state index contributed by atoms with van der Waals surface area (Å²) in [5.41, 5.74) is 2.94. The van der Waals surface area contributed by atoms with Crippen molar-refractivity contribution in [2.24, 2.45) is 0 Å². The normalized spacial score (nSPS) is 13.8. The van der Waals surface area contributed by atoms with Gasteiger partial charge in [0.2, 0.25) is 0 Å². The van der Waals surface area contributed by atoms with Gasteiger partial charge in [-0.25, -0.2) is 8.78 Å². The molecule has 0 fully saturated rings. The summed E-state index contributed by atoms with van der Waals surface area (Å²) in [4.78, 5) is 12.7. The highest BCUT2D eigenvalue weighted by atomic mass is 19.1. The standard InChI is InChI=1S/C27H30F2N2O3/c1-2-18-7-6-8-19(11-18)16-30-17-25(32)24(14-20-12-22(28)15-23(29)13-20)31-27(34)26(33)21-9-4-3-5-10-21/h3-13,15,24-26,30,32-33H,2,14,16-17H2,1H3,(H,31,34)/t24-,25-,26+/m0/s1. The Balaban J connectivity index is 1.69. The topological polar surface area (TPSA) is 81.6 Å². The Hall–Kier alpha value is -3.13. The van der Waals surface area contributed by atoms with Crippen LogP contribution in [0.2, 0.25) is 0 Å². The van der Waals surface area contributed by atoms with Gasteiger partial charge in [-0.05, 0) is 47.2 Å². The van der Waals surface area contributed by atoms with Crippen LogP contribution in [0.15, 0.2) is 72.8 Å². The highest BCUT2D eigenvalue weighted by molar-refractivity contribution is 5.82. The van der Waals surface area contributed by atoms with Gasteiger partial charge in [-0.3, -0.25) is 4.79 Å².